The number of unbranched alkanes of at least 4 members (excludes halogenated alkanes) is 14. The van der Waals surface area contributed by atoms with Gasteiger partial charge in [0.05, 0.1) is 6.61 Å². The van der Waals surface area contributed by atoms with E-state index in [9.17, 15) is 22.8 Å². The number of hydrogen-bond donors (Lipinski definition) is 1. The molecule has 0 bridgehead atoms. The Balaban J connectivity index is 3.70. The van der Waals surface area contributed by atoms with Crippen LogP contribution in [0.3, 0.4) is 0 Å². The quantitative estimate of drug-likeness (QED) is 0.150. The maximum absolute atomic E-state index is 12.5. The average Bonchev–Trinajstić information content (AvgIpc) is 2.71. The Bertz CT molecular complexity index is 482. The summed E-state index contributed by atoms with van der Waals surface area (Å²) < 4.78 is 42.5. The molecular formula is C25H46F3NO3. The summed E-state index contributed by atoms with van der Waals surface area (Å²) in [6.45, 7) is 5.96. The van der Waals surface area contributed by atoms with Crippen molar-refractivity contribution in [3.63, 3.8) is 0 Å². The minimum absolute atomic E-state index is 0.0492. The van der Waals surface area contributed by atoms with Gasteiger partial charge in [-0.05, 0) is 18.8 Å². The van der Waals surface area contributed by atoms with Crippen molar-refractivity contribution in [1.82, 2.24) is 5.32 Å². The standard InChI is InChI=1S/C25H46F3NO3/c1-4-5-6-7-8-9-10-11-12-13-14-15-16-17-18-19-32-23(30)22(20-21(2)3)29-24(31)25(26,27)28/h21-22H,4-20H2,1-3H3,(H,29,31). The molecule has 0 aliphatic heterocycles. The summed E-state index contributed by atoms with van der Waals surface area (Å²) in [7, 11) is 0. The molecule has 0 aromatic carbocycles. The molecule has 1 N–H and O–H groups in total. The van der Waals surface area contributed by atoms with Crippen molar-refractivity contribution in [2.24, 2.45) is 5.92 Å². The molecule has 0 heterocycles. The molecule has 0 spiro atoms. The van der Waals surface area contributed by atoms with E-state index in [0.29, 0.717) is 6.42 Å². The maximum atomic E-state index is 12.5. The van der Waals surface area contributed by atoms with Gasteiger partial charge in [-0.15, -0.1) is 0 Å². The summed E-state index contributed by atoms with van der Waals surface area (Å²) in [5, 5.41) is 1.75. The van der Waals surface area contributed by atoms with Crippen molar-refractivity contribution < 1.29 is 27.5 Å². The normalized spacial score (nSPS) is 12.7. The highest BCUT2D eigenvalue weighted by Gasteiger charge is 2.41. The molecule has 1 atom stereocenters. The molecule has 0 aromatic rings. The largest absolute Gasteiger partial charge is 0.471 e. The van der Waals surface area contributed by atoms with Gasteiger partial charge in [0, 0.05) is 0 Å². The fourth-order valence-corrected chi connectivity index (χ4v) is 3.67. The average molecular weight is 466 g/mol. The zero-order chi connectivity index (χ0) is 24.2. The van der Waals surface area contributed by atoms with Gasteiger partial charge in [0.2, 0.25) is 0 Å². The number of carbonyl (C=O) groups is 2. The summed E-state index contributed by atoms with van der Waals surface area (Å²) in [6, 6.07) is -1.26. The molecule has 0 saturated heterocycles. The molecule has 7 heteroatoms. The summed E-state index contributed by atoms with van der Waals surface area (Å²) >= 11 is 0. The minimum Gasteiger partial charge on any atom is -0.464 e. The van der Waals surface area contributed by atoms with Crippen LogP contribution in [0.1, 0.15) is 124 Å². The van der Waals surface area contributed by atoms with Crippen molar-refractivity contribution >= 4 is 11.9 Å². The highest BCUT2D eigenvalue weighted by Crippen LogP contribution is 2.17. The lowest BCUT2D eigenvalue weighted by atomic mass is 10.0. The van der Waals surface area contributed by atoms with Gasteiger partial charge >= 0.3 is 18.1 Å². The molecule has 0 rings (SSSR count). The lowest BCUT2D eigenvalue weighted by Gasteiger charge is -2.20. The van der Waals surface area contributed by atoms with Gasteiger partial charge in [-0.2, -0.15) is 13.2 Å². The van der Waals surface area contributed by atoms with Crippen molar-refractivity contribution in [1.29, 1.82) is 0 Å². The number of carbonyl (C=O) groups excluding carboxylic acids is 2. The summed E-state index contributed by atoms with van der Waals surface area (Å²) in [4.78, 5) is 23.2. The van der Waals surface area contributed by atoms with Crippen LogP contribution in [0.2, 0.25) is 0 Å². The zero-order valence-electron chi connectivity index (χ0n) is 20.5. The van der Waals surface area contributed by atoms with E-state index in [1.54, 1.807) is 19.2 Å². The van der Waals surface area contributed by atoms with Crippen LogP contribution in [0.4, 0.5) is 13.2 Å². The Labute approximate surface area is 193 Å². The highest BCUT2D eigenvalue weighted by atomic mass is 19.4. The maximum Gasteiger partial charge on any atom is 0.471 e. The Morgan fingerprint density at radius 1 is 0.750 bits per heavy atom. The second kappa shape index (κ2) is 19.2. The molecule has 1 unspecified atom stereocenters. The third-order valence-corrected chi connectivity index (χ3v) is 5.55. The topological polar surface area (TPSA) is 55.4 Å². The van der Waals surface area contributed by atoms with Crippen LogP contribution in [0, 0.1) is 5.92 Å². The lowest BCUT2D eigenvalue weighted by molar-refractivity contribution is -0.176. The second-order valence-electron chi connectivity index (χ2n) is 9.27. The zero-order valence-corrected chi connectivity index (χ0v) is 20.5. The third kappa shape index (κ3) is 18.3. The molecule has 1 amide bonds. The Morgan fingerprint density at radius 2 is 1.16 bits per heavy atom. The van der Waals surface area contributed by atoms with Crippen molar-refractivity contribution in [3.05, 3.63) is 0 Å². The van der Waals surface area contributed by atoms with Crippen LogP contribution in [-0.2, 0) is 14.3 Å². The number of rotatable bonds is 20. The molecule has 32 heavy (non-hydrogen) atoms. The number of amides is 1. The fourth-order valence-electron chi connectivity index (χ4n) is 3.67. The number of halogens is 3. The molecule has 190 valence electrons. The van der Waals surface area contributed by atoms with Crippen LogP contribution in [-0.4, -0.2) is 30.7 Å². The molecule has 4 nitrogen and oxygen atoms in total. The van der Waals surface area contributed by atoms with Gasteiger partial charge in [0.15, 0.2) is 0 Å². The van der Waals surface area contributed by atoms with Gasteiger partial charge in [-0.25, -0.2) is 4.79 Å². The van der Waals surface area contributed by atoms with Crippen LogP contribution < -0.4 is 5.32 Å². The molecule has 0 aromatic heterocycles. The first-order valence-electron chi connectivity index (χ1n) is 12.7. The van der Waals surface area contributed by atoms with E-state index in [0.717, 1.165) is 19.3 Å². The van der Waals surface area contributed by atoms with E-state index in [2.05, 4.69) is 6.92 Å². The number of nitrogens with one attached hydrogen (secondary N) is 1. The van der Waals surface area contributed by atoms with Gasteiger partial charge in [0.25, 0.3) is 0 Å². The predicted octanol–water partition coefficient (Wildman–Crippen LogP) is 7.49. The van der Waals surface area contributed by atoms with E-state index in [1.807, 2.05) is 0 Å². The Kier molecular flexibility index (Phi) is 18.5. The first kappa shape index (κ1) is 30.7. The molecule has 0 saturated carbocycles. The monoisotopic (exact) mass is 465 g/mol. The van der Waals surface area contributed by atoms with Crippen LogP contribution in [0.5, 0.6) is 0 Å². The van der Waals surface area contributed by atoms with Crippen molar-refractivity contribution in [2.75, 3.05) is 6.61 Å². The molecule has 0 fully saturated rings. The van der Waals surface area contributed by atoms with Crippen LogP contribution in [0.25, 0.3) is 0 Å². The SMILES string of the molecule is CCCCCCCCCCCCCCCCCOC(=O)C(CC(C)C)NC(=O)C(F)(F)F. The van der Waals surface area contributed by atoms with Crippen LogP contribution in [0.15, 0.2) is 0 Å². The van der Waals surface area contributed by atoms with Crippen LogP contribution >= 0.6 is 0 Å². The fraction of sp³-hybridized carbons (Fsp3) is 0.920. The number of esters is 1. The summed E-state index contributed by atoms with van der Waals surface area (Å²) in [5.41, 5.74) is 0. The van der Waals surface area contributed by atoms with E-state index < -0.39 is 24.1 Å². The lowest BCUT2D eigenvalue weighted by Crippen LogP contribution is -2.48. The first-order valence-corrected chi connectivity index (χ1v) is 12.7. The Hall–Kier alpha value is -1.27. The Morgan fingerprint density at radius 3 is 1.53 bits per heavy atom. The number of alkyl halides is 3. The first-order chi connectivity index (χ1) is 15.2. The summed E-state index contributed by atoms with van der Waals surface area (Å²) in [6.07, 6.45) is 13.5. The third-order valence-electron chi connectivity index (χ3n) is 5.55. The van der Waals surface area contributed by atoms with Crippen molar-refractivity contribution in [2.45, 2.75) is 136 Å². The van der Waals surface area contributed by atoms with E-state index in [1.165, 1.54) is 70.6 Å². The molecule has 0 aliphatic carbocycles. The van der Waals surface area contributed by atoms with E-state index >= 15 is 0 Å². The highest BCUT2D eigenvalue weighted by molar-refractivity contribution is 5.87. The van der Waals surface area contributed by atoms with Crippen molar-refractivity contribution in [3.8, 4) is 0 Å². The van der Waals surface area contributed by atoms with Gasteiger partial charge in [0.1, 0.15) is 6.04 Å². The van der Waals surface area contributed by atoms with E-state index in [-0.39, 0.29) is 18.9 Å². The summed E-state index contributed by atoms with van der Waals surface area (Å²) in [5.74, 6) is -2.94. The molecule has 0 radical (unpaired) electrons. The minimum atomic E-state index is -5.01. The van der Waals surface area contributed by atoms with E-state index in [4.69, 9.17) is 4.74 Å². The predicted molar refractivity (Wildman–Crippen MR) is 123 cm³/mol. The van der Waals surface area contributed by atoms with Gasteiger partial charge in [-0.3, -0.25) is 4.79 Å². The smallest absolute Gasteiger partial charge is 0.464 e. The van der Waals surface area contributed by atoms with Gasteiger partial charge < -0.3 is 10.1 Å². The second-order valence-corrected chi connectivity index (χ2v) is 9.27. The van der Waals surface area contributed by atoms with Gasteiger partial charge in [-0.1, -0.05) is 111 Å². The number of hydrogen-bond acceptors (Lipinski definition) is 3. The number of ether oxygens (including phenoxy) is 1. The molecule has 0 aliphatic rings. The molecular weight excluding hydrogens is 419 g/mol.